The number of hydrogen-bond donors (Lipinski definition) is 5. The predicted octanol–water partition coefficient (Wildman–Crippen LogP) is 4.13. The molecule has 2 aromatic heterocycles. The molecule has 2 saturated heterocycles. The fraction of sp³-hybridized carbons (Fsp3) is 0.463. The van der Waals surface area contributed by atoms with Crippen molar-refractivity contribution in [3.63, 3.8) is 0 Å². The van der Waals surface area contributed by atoms with Crippen molar-refractivity contribution >= 4 is 40.6 Å². The number of β-amino-alcohol motifs (C(OH)–C–C–N with tert-alkyl or cyclic N) is 1. The number of thiazole rings is 1. The third-order valence-electron chi connectivity index (χ3n) is 11.0. The summed E-state index contributed by atoms with van der Waals surface area (Å²) >= 11 is 1.58. The number of aromatic nitrogens is 3. The van der Waals surface area contributed by atoms with E-state index in [1.54, 1.807) is 29.5 Å². The standard InChI is InChI=1S/C41H53N9O5S/c1-24(26-12-14-27(15-13-26)34-25(2)43-23-56-34)44-37(53)32-20-28(51)22-50(32)38(54)35(40(3,4)5)45-39(55)41(6,7)49-18-16-48(17-19-49)31-21-30(46-47-36(31)42)29-10-8-9-11-33(29)52/h8-15,21,23-24,28,32,35,51-52H,16-20,22H2,1-7H3,(H2,42,47)(H,44,53)(H,45,55)/t24-,28+,32-,35?/m0/s1. The Morgan fingerprint density at radius 2 is 1.64 bits per heavy atom. The van der Waals surface area contributed by atoms with Crippen molar-refractivity contribution in [2.75, 3.05) is 43.4 Å². The molecule has 2 aliphatic rings. The lowest BCUT2D eigenvalue weighted by atomic mass is 9.84. The zero-order chi connectivity index (χ0) is 40.5. The number of phenolic OH excluding ortho intramolecular Hbond substituents is 1. The fourth-order valence-electron chi connectivity index (χ4n) is 7.44. The number of aliphatic hydroxyl groups excluding tert-OH is 1. The van der Waals surface area contributed by atoms with Crippen LogP contribution in [-0.2, 0) is 14.4 Å². The molecule has 0 spiro atoms. The number of para-hydroxylation sites is 1. The van der Waals surface area contributed by atoms with Gasteiger partial charge in [-0.2, -0.15) is 0 Å². The van der Waals surface area contributed by atoms with Crippen molar-refractivity contribution in [1.29, 1.82) is 0 Å². The van der Waals surface area contributed by atoms with Crippen LogP contribution in [-0.4, -0.2) is 109 Å². The molecule has 6 rings (SSSR count). The predicted molar refractivity (Wildman–Crippen MR) is 218 cm³/mol. The molecule has 0 radical (unpaired) electrons. The number of carbonyl (C=O) groups excluding carboxylic acids is 3. The van der Waals surface area contributed by atoms with Gasteiger partial charge in [0.1, 0.15) is 17.8 Å². The largest absolute Gasteiger partial charge is 0.507 e. The Morgan fingerprint density at radius 1 is 0.964 bits per heavy atom. The van der Waals surface area contributed by atoms with E-state index in [9.17, 15) is 24.6 Å². The third kappa shape index (κ3) is 8.49. The van der Waals surface area contributed by atoms with E-state index < -0.39 is 35.0 Å². The number of anilines is 2. The number of aromatic hydroxyl groups is 1. The van der Waals surface area contributed by atoms with Gasteiger partial charge in [0.2, 0.25) is 17.7 Å². The molecule has 4 aromatic rings. The summed E-state index contributed by atoms with van der Waals surface area (Å²) in [6.45, 7) is 15.3. The maximum absolute atomic E-state index is 14.4. The minimum absolute atomic E-state index is 0.0133. The van der Waals surface area contributed by atoms with Crippen LogP contribution in [0.15, 0.2) is 60.1 Å². The van der Waals surface area contributed by atoms with Crippen LogP contribution in [0.4, 0.5) is 11.5 Å². The summed E-state index contributed by atoms with van der Waals surface area (Å²) in [5, 5.41) is 35.5. The Hall–Kier alpha value is -5.12. The van der Waals surface area contributed by atoms with Gasteiger partial charge < -0.3 is 36.4 Å². The van der Waals surface area contributed by atoms with Gasteiger partial charge >= 0.3 is 0 Å². The summed E-state index contributed by atoms with van der Waals surface area (Å²) in [7, 11) is 0. The molecule has 56 heavy (non-hydrogen) atoms. The molecule has 298 valence electrons. The van der Waals surface area contributed by atoms with E-state index in [4.69, 9.17) is 5.73 Å². The summed E-state index contributed by atoms with van der Waals surface area (Å²) in [5.74, 6) is -0.735. The van der Waals surface area contributed by atoms with E-state index in [0.29, 0.717) is 43.1 Å². The summed E-state index contributed by atoms with van der Waals surface area (Å²) in [5.41, 5.74) is 11.0. The second-order valence-electron chi connectivity index (χ2n) is 16.3. The monoisotopic (exact) mass is 783 g/mol. The smallest absolute Gasteiger partial charge is 0.246 e. The number of benzene rings is 2. The highest BCUT2D eigenvalue weighted by atomic mass is 32.1. The zero-order valence-electron chi connectivity index (χ0n) is 33.1. The van der Waals surface area contributed by atoms with Gasteiger partial charge in [0.05, 0.1) is 45.1 Å². The van der Waals surface area contributed by atoms with Crippen molar-refractivity contribution in [2.24, 2.45) is 5.41 Å². The van der Waals surface area contributed by atoms with Crippen LogP contribution < -0.4 is 21.3 Å². The maximum atomic E-state index is 14.4. The average molecular weight is 784 g/mol. The maximum Gasteiger partial charge on any atom is 0.246 e. The van der Waals surface area contributed by atoms with Gasteiger partial charge in [0, 0.05) is 44.7 Å². The number of aryl methyl sites for hydroxylation is 1. The number of nitrogens with one attached hydrogen (secondary N) is 2. The van der Waals surface area contributed by atoms with Gasteiger partial charge in [-0.05, 0) is 62.4 Å². The average Bonchev–Trinajstić information content (AvgIpc) is 3.78. The number of nitrogen functional groups attached to an aromatic ring is 1. The molecule has 14 nitrogen and oxygen atoms in total. The first kappa shape index (κ1) is 40.5. The van der Waals surface area contributed by atoms with Crippen LogP contribution in [0.3, 0.4) is 0 Å². The van der Waals surface area contributed by atoms with Crippen LogP contribution >= 0.6 is 11.3 Å². The lowest BCUT2D eigenvalue weighted by Gasteiger charge is -2.45. The Labute approximate surface area is 332 Å². The van der Waals surface area contributed by atoms with E-state index in [1.807, 2.05) is 90.4 Å². The van der Waals surface area contributed by atoms with Crippen molar-refractivity contribution in [3.05, 3.63) is 71.4 Å². The molecule has 3 amide bonds. The molecule has 1 unspecified atom stereocenters. The van der Waals surface area contributed by atoms with Gasteiger partial charge in [0.25, 0.3) is 0 Å². The first-order valence-electron chi connectivity index (χ1n) is 19.0. The minimum atomic E-state index is -0.996. The lowest BCUT2D eigenvalue weighted by Crippen LogP contribution is -2.65. The number of rotatable bonds is 10. The Kier molecular flexibility index (Phi) is 11.7. The highest BCUT2D eigenvalue weighted by Crippen LogP contribution is 2.33. The molecule has 15 heteroatoms. The number of amides is 3. The lowest BCUT2D eigenvalue weighted by molar-refractivity contribution is -0.146. The minimum Gasteiger partial charge on any atom is -0.507 e. The number of nitrogens with two attached hydrogens (primary N) is 1. The molecule has 2 aliphatic heterocycles. The number of aliphatic hydroxyl groups is 1. The van der Waals surface area contributed by atoms with Crippen molar-refractivity contribution in [2.45, 2.75) is 84.7 Å². The van der Waals surface area contributed by atoms with E-state index in [1.165, 1.54) is 4.90 Å². The Bertz CT molecular complexity index is 2060. The molecule has 0 saturated carbocycles. The number of phenols is 1. The highest BCUT2D eigenvalue weighted by molar-refractivity contribution is 7.13. The second-order valence-corrected chi connectivity index (χ2v) is 17.2. The van der Waals surface area contributed by atoms with Gasteiger partial charge in [0.15, 0.2) is 5.82 Å². The summed E-state index contributed by atoms with van der Waals surface area (Å²) in [6.07, 6.45) is -0.782. The van der Waals surface area contributed by atoms with Crippen LogP contribution in [0.25, 0.3) is 21.7 Å². The molecular formula is C41H53N9O5S. The first-order chi connectivity index (χ1) is 26.4. The van der Waals surface area contributed by atoms with Crippen LogP contribution in [0, 0.1) is 12.3 Å². The SMILES string of the molecule is Cc1ncsc1-c1ccc([C@H](C)NC(=O)[C@@H]2C[C@@H](O)CN2C(=O)C(NC(=O)C(C)(C)N2CCN(c3cc(-c4ccccc4O)nnc3N)CC2)C(C)(C)C)cc1. The van der Waals surface area contributed by atoms with Crippen molar-refractivity contribution in [3.8, 4) is 27.4 Å². The summed E-state index contributed by atoms with van der Waals surface area (Å²) in [6, 6.07) is 14.5. The van der Waals surface area contributed by atoms with Crippen molar-refractivity contribution < 1.29 is 24.6 Å². The van der Waals surface area contributed by atoms with Crippen molar-refractivity contribution in [1.82, 2.24) is 35.6 Å². The van der Waals surface area contributed by atoms with E-state index in [0.717, 1.165) is 21.7 Å². The molecule has 0 aliphatic carbocycles. The van der Waals surface area contributed by atoms with Gasteiger partial charge in [-0.3, -0.25) is 19.3 Å². The second kappa shape index (κ2) is 16.2. The first-order valence-corrected chi connectivity index (χ1v) is 19.9. The third-order valence-corrected chi connectivity index (χ3v) is 12.0. The molecule has 4 heterocycles. The Morgan fingerprint density at radius 3 is 2.27 bits per heavy atom. The Balaban J connectivity index is 1.10. The molecule has 2 aromatic carbocycles. The quantitative estimate of drug-likeness (QED) is 0.156. The number of likely N-dealkylation sites (tertiary alicyclic amines) is 1. The van der Waals surface area contributed by atoms with Gasteiger partial charge in [-0.1, -0.05) is 57.2 Å². The number of hydrogen-bond acceptors (Lipinski definition) is 12. The van der Waals surface area contributed by atoms with Gasteiger partial charge in [-0.15, -0.1) is 21.5 Å². The summed E-state index contributed by atoms with van der Waals surface area (Å²) in [4.78, 5) is 53.3. The van der Waals surface area contributed by atoms with E-state index in [2.05, 4.69) is 35.6 Å². The normalized spacial score (nSPS) is 19.1. The molecular weight excluding hydrogens is 731 g/mol. The summed E-state index contributed by atoms with van der Waals surface area (Å²) < 4.78 is 0. The van der Waals surface area contributed by atoms with Crippen LogP contribution in [0.2, 0.25) is 0 Å². The molecule has 6 N–H and O–H groups in total. The highest BCUT2D eigenvalue weighted by Gasteiger charge is 2.47. The molecule has 0 bridgehead atoms. The topological polar surface area (TPSA) is 190 Å². The molecule has 4 atom stereocenters. The zero-order valence-corrected chi connectivity index (χ0v) is 33.9. The van der Waals surface area contributed by atoms with E-state index >= 15 is 0 Å². The molecule has 2 fully saturated rings. The number of carbonyl (C=O) groups is 3. The van der Waals surface area contributed by atoms with Crippen LogP contribution in [0.5, 0.6) is 5.75 Å². The van der Waals surface area contributed by atoms with E-state index in [-0.39, 0.29) is 42.4 Å². The van der Waals surface area contributed by atoms with Crippen LogP contribution in [0.1, 0.15) is 65.3 Å². The van der Waals surface area contributed by atoms with Gasteiger partial charge in [-0.25, -0.2) is 4.98 Å². The number of piperazine rings is 1. The fourth-order valence-corrected chi connectivity index (χ4v) is 8.25. The number of nitrogens with zero attached hydrogens (tertiary/aromatic N) is 6.